The number of nitrogens with zero attached hydrogens (tertiary/aromatic N) is 2. The van der Waals surface area contributed by atoms with E-state index in [1.807, 2.05) is 48.5 Å². The second kappa shape index (κ2) is 9.26. The first-order chi connectivity index (χ1) is 17.9. The molecule has 9 heteroatoms. The summed E-state index contributed by atoms with van der Waals surface area (Å²) in [6, 6.07) is 18.3. The van der Waals surface area contributed by atoms with Crippen molar-refractivity contribution in [3.63, 3.8) is 0 Å². The van der Waals surface area contributed by atoms with E-state index >= 15 is 4.39 Å². The molecule has 190 valence electrons. The van der Waals surface area contributed by atoms with Crippen LogP contribution in [0.3, 0.4) is 0 Å². The number of halogens is 1. The highest BCUT2D eigenvalue weighted by Gasteiger charge is 2.48. The van der Waals surface area contributed by atoms with E-state index in [1.165, 1.54) is 13.0 Å². The maximum absolute atomic E-state index is 15.0. The Hall–Kier alpha value is -3.79. The molecular formula is C28H26FN3O5. The first-order valence-electron chi connectivity index (χ1n) is 12.1. The van der Waals surface area contributed by atoms with Gasteiger partial charge in [-0.25, -0.2) is 9.37 Å². The Morgan fingerprint density at radius 2 is 1.68 bits per heavy atom. The summed E-state index contributed by atoms with van der Waals surface area (Å²) in [7, 11) is 1.73. The van der Waals surface area contributed by atoms with Gasteiger partial charge in [0.2, 0.25) is 5.91 Å². The summed E-state index contributed by atoms with van der Waals surface area (Å²) in [6.45, 7) is 2.05. The molecule has 4 atom stereocenters. The number of nitrogens with one attached hydrogen (secondary N) is 1. The molecule has 2 aliphatic rings. The first kappa shape index (κ1) is 23.6. The van der Waals surface area contributed by atoms with Crippen molar-refractivity contribution >= 4 is 22.6 Å². The number of benzene rings is 2. The van der Waals surface area contributed by atoms with Gasteiger partial charge >= 0.3 is 0 Å². The molecule has 0 saturated carbocycles. The topological polar surface area (TPSA) is 96.9 Å². The van der Waals surface area contributed by atoms with Crippen LogP contribution < -0.4 is 9.64 Å². The lowest BCUT2D eigenvalue weighted by molar-refractivity contribution is -0.116. The van der Waals surface area contributed by atoms with Gasteiger partial charge in [-0.1, -0.05) is 36.4 Å². The number of anilines is 1. The van der Waals surface area contributed by atoms with Crippen molar-refractivity contribution < 1.29 is 28.5 Å². The number of H-pyrrole nitrogens is 1. The number of carbonyl (C=O) groups excluding carboxylic acids is 1. The van der Waals surface area contributed by atoms with Gasteiger partial charge in [-0.3, -0.25) is 4.79 Å². The molecule has 2 saturated heterocycles. The second-order valence-corrected chi connectivity index (χ2v) is 9.41. The number of rotatable bonds is 5. The van der Waals surface area contributed by atoms with E-state index in [2.05, 4.69) is 9.97 Å². The molecule has 2 N–H and O–H groups in total. The van der Waals surface area contributed by atoms with Crippen LogP contribution in [-0.4, -0.2) is 65.7 Å². The number of aliphatic hydroxyl groups is 1. The number of fused-ring (bicyclic) bond motifs is 2. The Bertz CT molecular complexity index is 1450. The number of hydrogen-bond acceptors (Lipinski definition) is 6. The third-order valence-corrected chi connectivity index (χ3v) is 7.01. The fraction of sp³-hybridized carbons (Fsp3) is 0.286. The van der Waals surface area contributed by atoms with E-state index < -0.39 is 11.9 Å². The van der Waals surface area contributed by atoms with Gasteiger partial charge in [0.1, 0.15) is 24.0 Å². The molecule has 37 heavy (non-hydrogen) atoms. The third kappa shape index (κ3) is 4.35. The number of amides is 1. The summed E-state index contributed by atoms with van der Waals surface area (Å²) in [5.41, 5.74) is 4.76. The van der Waals surface area contributed by atoms with Crippen molar-refractivity contribution in [3.8, 4) is 28.3 Å². The predicted molar refractivity (Wildman–Crippen MR) is 136 cm³/mol. The standard InChI is InChI=1S/C28H26FN3O5/c1-15(33)32(2)19-9-7-17(8-10-19)16-3-5-18(6-4-16)26-20(29)11-21-22(31-26)12-25(30-21)37-24-14-36-27-23(34)13-35-28(24)27/h3-12,23-24,27-28,30,34H,13-14H2,1-2H3/t23-,24-,27-,28-/m1/s1. The van der Waals surface area contributed by atoms with Crippen molar-refractivity contribution in [2.45, 2.75) is 31.3 Å². The Balaban J connectivity index is 1.21. The van der Waals surface area contributed by atoms with E-state index in [0.717, 1.165) is 16.8 Å². The van der Waals surface area contributed by atoms with Crippen LogP contribution in [0.5, 0.6) is 5.88 Å². The summed E-state index contributed by atoms with van der Waals surface area (Å²) in [4.78, 5) is 20.8. The summed E-state index contributed by atoms with van der Waals surface area (Å²) in [5.74, 6) is -0.0437. The lowest BCUT2D eigenvalue weighted by Gasteiger charge is -2.16. The van der Waals surface area contributed by atoms with Crippen molar-refractivity contribution in [1.29, 1.82) is 0 Å². The minimum Gasteiger partial charge on any atom is -0.470 e. The van der Waals surface area contributed by atoms with Crippen molar-refractivity contribution in [3.05, 3.63) is 66.5 Å². The first-order valence-corrected chi connectivity index (χ1v) is 12.1. The normalized spacial score (nSPS) is 22.8. The van der Waals surface area contributed by atoms with Gasteiger partial charge in [-0.05, 0) is 23.3 Å². The molecular weight excluding hydrogens is 477 g/mol. The summed E-state index contributed by atoms with van der Waals surface area (Å²) >= 11 is 0. The van der Waals surface area contributed by atoms with Gasteiger partial charge in [0, 0.05) is 37.4 Å². The lowest BCUT2D eigenvalue weighted by atomic mass is 10.0. The molecule has 0 aliphatic carbocycles. The van der Waals surface area contributed by atoms with Crippen LogP contribution in [0.1, 0.15) is 6.92 Å². The monoisotopic (exact) mass is 503 g/mol. The van der Waals surface area contributed by atoms with Crippen LogP contribution in [0, 0.1) is 5.82 Å². The van der Waals surface area contributed by atoms with E-state index in [9.17, 15) is 9.90 Å². The lowest BCUT2D eigenvalue weighted by Crippen LogP contribution is -2.34. The fourth-order valence-electron chi connectivity index (χ4n) is 4.86. The second-order valence-electron chi connectivity index (χ2n) is 9.41. The molecule has 2 aromatic heterocycles. The summed E-state index contributed by atoms with van der Waals surface area (Å²) < 4.78 is 32.2. The van der Waals surface area contributed by atoms with E-state index in [0.29, 0.717) is 29.1 Å². The number of aromatic nitrogens is 2. The Kier molecular flexibility index (Phi) is 5.91. The quantitative estimate of drug-likeness (QED) is 0.429. The zero-order valence-corrected chi connectivity index (χ0v) is 20.3. The maximum Gasteiger partial charge on any atom is 0.223 e. The van der Waals surface area contributed by atoms with Crippen LogP contribution in [0.25, 0.3) is 33.4 Å². The highest BCUT2D eigenvalue weighted by Crippen LogP contribution is 2.32. The molecule has 0 bridgehead atoms. The van der Waals surface area contributed by atoms with E-state index in [1.54, 1.807) is 18.0 Å². The van der Waals surface area contributed by atoms with Crippen LogP contribution in [0.4, 0.5) is 10.1 Å². The molecule has 4 heterocycles. The van der Waals surface area contributed by atoms with Crippen LogP contribution in [0.2, 0.25) is 0 Å². The van der Waals surface area contributed by atoms with Crippen molar-refractivity contribution in [2.75, 3.05) is 25.2 Å². The maximum atomic E-state index is 15.0. The zero-order chi connectivity index (χ0) is 25.7. The van der Waals surface area contributed by atoms with Gasteiger partial charge in [0.05, 0.1) is 24.2 Å². The van der Waals surface area contributed by atoms with Gasteiger partial charge in [-0.15, -0.1) is 0 Å². The average molecular weight is 504 g/mol. The molecule has 0 radical (unpaired) electrons. The minimum absolute atomic E-state index is 0.0337. The molecule has 2 fully saturated rings. The van der Waals surface area contributed by atoms with Crippen molar-refractivity contribution in [1.82, 2.24) is 9.97 Å². The zero-order valence-electron chi connectivity index (χ0n) is 20.3. The van der Waals surface area contributed by atoms with E-state index in [4.69, 9.17) is 14.2 Å². The minimum atomic E-state index is -0.654. The Morgan fingerprint density at radius 1 is 1.03 bits per heavy atom. The number of carbonyl (C=O) groups is 1. The fourth-order valence-corrected chi connectivity index (χ4v) is 4.86. The summed E-state index contributed by atoms with van der Waals surface area (Å²) in [6.07, 6.45) is -1.76. The molecule has 6 rings (SSSR count). The SMILES string of the molecule is CC(=O)N(C)c1ccc(-c2ccc(-c3nc4cc(O[C@@H]5CO[C@H]6[C@@H]5OC[C@H]6O)[nH]c4cc3F)cc2)cc1. The third-order valence-electron chi connectivity index (χ3n) is 7.01. The molecule has 1 amide bonds. The Labute approximate surface area is 212 Å². The van der Waals surface area contributed by atoms with Crippen molar-refractivity contribution in [2.24, 2.45) is 0 Å². The van der Waals surface area contributed by atoms with Crippen LogP contribution >= 0.6 is 0 Å². The smallest absolute Gasteiger partial charge is 0.223 e. The molecule has 4 aromatic rings. The molecule has 8 nitrogen and oxygen atoms in total. The van der Waals surface area contributed by atoms with E-state index in [-0.39, 0.29) is 36.5 Å². The average Bonchev–Trinajstić information content (AvgIpc) is 3.60. The molecule has 2 aromatic carbocycles. The van der Waals surface area contributed by atoms with Gasteiger partial charge in [0.15, 0.2) is 17.8 Å². The van der Waals surface area contributed by atoms with Crippen LogP contribution in [0.15, 0.2) is 60.7 Å². The predicted octanol–water partition coefficient (Wildman–Crippen LogP) is 3.92. The number of ether oxygens (including phenoxy) is 3. The molecule has 2 aliphatic heterocycles. The largest absolute Gasteiger partial charge is 0.470 e. The van der Waals surface area contributed by atoms with Gasteiger partial charge in [0.25, 0.3) is 0 Å². The molecule has 0 spiro atoms. The van der Waals surface area contributed by atoms with Gasteiger partial charge < -0.3 is 29.2 Å². The Morgan fingerprint density at radius 3 is 2.38 bits per heavy atom. The number of aliphatic hydroxyl groups excluding tert-OH is 1. The van der Waals surface area contributed by atoms with Crippen LogP contribution in [-0.2, 0) is 14.3 Å². The number of aromatic amines is 1. The number of hydrogen-bond donors (Lipinski definition) is 2. The number of pyridine rings is 1. The highest BCUT2D eigenvalue weighted by molar-refractivity contribution is 5.91. The molecule has 0 unspecified atom stereocenters. The van der Waals surface area contributed by atoms with Gasteiger partial charge in [-0.2, -0.15) is 0 Å². The highest BCUT2D eigenvalue weighted by atomic mass is 19.1. The summed E-state index contributed by atoms with van der Waals surface area (Å²) in [5, 5.41) is 9.92.